The molecule has 1 heteroatoms. The highest BCUT2D eigenvalue weighted by atomic mass is 16.1. The van der Waals surface area contributed by atoms with Crippen molar-refractivity contribution in [2.75, 3.05) is 0 Å². The molecule has 0 unspecified atom stereocenters. The number of rotatable bonds is 1. The van der Waals surface area contributed by atoms with Crippen molar-refractivity contribution in [3.8, 4) is 0 Å². The van der Waals surface area contributed by atoms with Crippen LogP contribution in [0.15, 0.2) is 0 Å². The van der Waals surface area contributed by atoms with E-state index in [-0.39, 0.29) is 0 Å². The van der Waals surface area contributed by atoms with Crippen molar-refractivity contribution in [1.82, 2.24) is 0 Å². The molecule has 1 saturated carbocycles. The van der Waals surface area contributed by atoms with Gasteiger partial charge in [-0.05, 0) is 12.3 Å². The van der Waals surface area contributed by atoms with Crippen LogP contribution in [0.5, 0.6) is 0 Å². The van der Waals surface area contributed by atoms with Crippen molar-refractivity contribution in [2.45, 2.75) is 32.6 Å². The summed E-state index contributed by atoms with van der Waals surface area (Å²) in [5.41, 5.74) is 0. The first kappa shape index (κ1) is 6.79. The van der Waals surface area contributed by atoms with Gasteiger partial charge in [0.2, 0.25) is 0 Å². The van der Waals surface area contributed by atoms with E-state index in [1.807, 2.05) is 0 Å². The summed E-state index contributed by atoms with van der Waals surface area (Å²) in [6, 6.07) is 0. The molecule has 0 radical (unpaired) electrons. The molecular formula is C8H14O. The minimum atomic E-state index is 0.374. The molecule has 52 valence electrons. The summed E-state index contributed by atoms with van der Waals surface area (Å²) in [5, 5.41) is 0. The fourth-order valence-corrected chi connectivity index (χ4v) is 1.55. The predicted molar refractivity (Wildman–Crippen MR) is 37.2 cm³/mol. The van der Waals surface area contributed by atoms with Gasteiger partial charge in [0, 0.05) is 5.92 Å². The van der Waals surface area contributed by atoms with Gasteiger partial charge < -0.3 is 4.79 Å². The van der Waals surface area contributed by atoms with E-state index >= 15 is 0 Å². The zero-order valence-corrected chi connectivity index (χ0v) is 5.97. The third kappa shape index (κ3) is 1.54. The Labute approximate surface area is 56.4 Å². The molecule has 1 nitrogen and oxygen atoms in total. The molecule has 0 saturated heterocycles. The highest BCUT2D eigenvalue weighted by molar-refractivity contribution is 5.54. The Kier molecular flexibility index (Phi) is 2.26. The van der Waals surface area contributed by atoms with Crippen LogP contribution in [-0.2, 0) is 4.79 Å². The third-order valence-corrected chi connectivity index (χ3v) is 2.35. The average Bonchev–Trinajstić information content (AvgIpc) is 1.89. The van der Waals surface area contributed by atoms with Gasteiger partial charge >= 0.3 is 0 Å². The van der Waals surface area contributed by atoms with Crippen molar-refractivity contribution in [2.24, 2.45) is 11.8 Å². The first-order valence-corrected chi connectivity index (χ1v) is 3.80. The van der Waals surface area contributed by atoms with Gasteiger partial charge in [-0.3, -0.25) is 0 Å². The molecule has 0 aromatic carbocycles. The van der Waals surface area contributed by atoms with E-state index in [1.165, 1.54) is 19.3 Å². The first-order chi connectivity index (χ1) is 4.34. The number of hydrogen-bond donors (Lipinski definition) is 0. The van der Waals surface area contributed by atoms with Gasteiger partial charge in [-0.1, -0.05) is 26.2 Å². The van der Waals surface area contributed by atoms with E-state index < -0.39 is 0 Å². The second-order valence-corrected chi connectivity index (χ2v) is 3.06. The molecule has 0 aromatic heterocycles. The van der Waals surface area contributed by atoms with Gasteiger partial charge in [-0.2, -0.15) is 0 Å². The largest absolute Gasteiger partial charge is 0.303 e. The molecule has 1 fully saturated rings. The maximum atomic E-state index is 10.4. The van der Waals surface area contributed by atoms with Crippen LogP contribution in [0, 0.1) is 11.8 Å². The number of aldehydes is 1. The number of carbonyl (C=O) groups is 1. The Bertz CT molecular complexity index is 98.7. The van der Waals surface area contributed by atoms with Crippen LogP contribution in [0.3, 0.4) is 0 Å². The summed E-state index contributed by atoms with van der Waals surface area (Å²) >= 11 is 0. The molecular weight excluding hydrogens is 112 g/mol. The molecule has 0 spiro atoms. The van der Waals surface area contributed by atoms with Crippen LogP contribution in [-0.4, -0.2) is 6.29 Å². The van der Waals surface area contributed by atoms with Crippen molar-refractivity contribution < 1.29 is 4.79 Å². The molecule has 9 heavy (non-hydrogen) atoms. The summed E-state index contributed by atoms with van der Waals surface area (Å²) in [6.07, 6.45) is 6.09. The maximum absolute atomic E-state index is 10.4. The van der Waals surface area contributed by atoms with Crippen LogP contribution < -0.4 is 0 Å². The van der Waals surface area contributed by atoms with E-state index in [9.17, 15) is 4.79 Å². The van der Waals surface area contributed by atoms with Crippen LogP contribution >= 0.6 is 0 Å². The first-order valence-electron chi connectivity index (χ1n) is 3.80. The smallest absolute Gasteiger partial charge is 0.123 e. The van der Waals surface area contributed by atoms with E-state index in [1.54, 1.807) is 0 Å². The molecule has 0 aliphatic heterocycles. The molecule has 0 aromatic rings. The van der Waals surface area contributed by atoms with Crippen LogP contribution in [0.1, 0.15) is 32.6 Å². The number of carbonyl (C=O) groups excluding carboxylic acids is 1. The maximum Gasteiger partial charge on any atom is 0.123 e. The van der Waals surface area contributed by atoms with Crippen LogP contribution in [0.25, 0.3) is 0 Å². The Morgan fingerprint density at radius 3 is 2.44 bits per heavy atom. The van der Waals surface area contributed by atoms with E-state index in [2.05, 4.69) is 6.92 Å². The lowest BCUT2D eigenvalue weighted by Gasteiger charge is -2.23. The molecule has 0 heterocycles. The van der Waals surface area contributed by atoms with E-state index in [0.29, 0.717) is 11.8 Å². The van der Waals surface area contributed by atoms with E-state index in [0.717, 1.165) is 12.7 Å². The summed E-state index contributed by atoms with van der Waals surface area (Å²) < 4.78 is 0. The van der Waals surface area contributed by atoms with Gasteiger partial charge in [-0.15, -0.1) is 0 Å². The molecule has 0 bridgehead atoms. The Hall–Kier alpha value is -0.330. The zero-order chi connectivity index (χ0) is 6.69. The minimum absolute atomic E-state index is 0.374. The number of hydrogen-bond acceptors (Lipinski definition) is 1. The molecule has 1 aliphatic rings. The summed E-state index contributed by atoms with van der Waals surface area (Å²) in [7, 11) is 0. The topological polar surface area (TPSA) is 17.1 Å². The highest BCUT2D eigenvalue weighted by Crippen LogP contribution is 2.27. The molecule has 0 amide bonds. The average molecular weight is 126 g/mol. The SMILES string of the molecule is C[C@H]1CCCC[C@@H]1C=O. The summed E-state index contributed by atoms with van der Waals surface area (Å²) in [6.45, 7) is 2.18. The van der Waals surface area contributed by atoms with Crippen LogP contribution in [0.2, 0.25) is 0 Å². The lowest BCUT2D eigenvalue weighted by Crippen LogP contribution is -2.17. The second kappa shape index (κ2) is 3.00. The lowest BCUT2D eigenvalue weighted by molar-refractivity contribution is -0.113. The Morgan fingerprint density at radius 2 is 2.00 bits per heavy atom. The second-order valence-electron chi connectivity index (χ2n) is 3.06. The van der Waals surface area contributed by atoms with Crippen molar-refractivity contribution in [3.63, 3.8) is 0 Å². The van der Waals surface area contributed by atoms with Gasteiger partial charge in [-0.25, -0.2) is 0 Å². The molecule has 1 aliphatic carbocycles. The standard InChI is InChI=1S/C8H14O/c1-7-4-2-3-5-8(7)6-9/h6-8H,2-5H2,1H3/t7-,8+/m0/s1. The summed E-state index contributed by atoms with van der Waals surface area (Å²) in [5.74, 6) is 1.02. The molecule has 2 atom stereocenters. The lowest BCUT2D eigenvalue weighted by atomic mass is 9.81. The van der Waals surface area contributed by atoms with Gasteiger partial charge in [0.05, 0.1) is 0 Å². The van der Waals surface area contributed by atoms with Gasteiger partial charge in [0.1, 0.15) is 6.29 Å². The Balaban J connectivity index is 2.38. The van der Waals surface area contributed by atoms with Gasteiger partial charge in [0.25, 0.3) is 0 Å². The van der Waals surface area contributed by atoms with E-state index in [4.69, 9.17) is 0 Å². The Morgan fingerprint density at radius 1 is 1.33 bits per heavy atom. The fraction of sp³-hybridized carbons (Fsp3) is 0.875. The summed E-state index contributed by atoms with van der Waals surface area (Å²) in [4.78, 5) is 10.4. The monoisotopic (exact) mass is 126 g/mol. The fourth-order valence-electron chi connectivity index (χ4n) is 1.55. The third-order valence-electron chi connectivity index (χ3n) is 2.35. The predicted octanol–water partition coefficient (Wildman–Crippen LogP) is 2.01. The normalized spacial score (nSPS) is 36.1. The minimum Gasteiger partial charge on any atom is -0.303 e. The van der Waals surface area contributed by atoms with Crippen LogP contribution in [0.4, 0.5) is 0 Å². The van der Waals surface area contributed by atoms with Crippen molar-refractivity contribution in [3.05, 3.63) is 0 Å². The molecule has 0 N–H and O–H groups in total. The molecule has 1 rings (SSSR count). The zero-order valence-electron chi connectivity index (χ0n) is 5.97. The van der Waals surface area contributed by atoms with Crippen molar-refractivity contribution >= 4 is 6.29 Å². The highest BCUT2D eigenvalue weighted by Gasteiger charge is 2.19. The van der Waals surface area contributed by atoms with Gasteiger partial charge in [0.15, 0.2) is 0 Å². The quantitative estimate of drug-likeness (QED) is 0.491. The van der Waals surface area contributed by atoms with Crippen molar-refractivity contribution in [1.29, 1.82) is 0 Å².